The van der Waals surface area contributed by atoms with E-state index >= 15 is 0 Å². The monoisotopic (exact) mass is 268 g/mol. The number of nitrogens with zero attached hydrogens (tertiary/aromatic N) is 2. The molecule has 3 rings (SSSR count). The molecule has 2 aromatic rings. The molecule has 0 amide bonds. The molecule has 1 fully saturated rings. The molecule has 0 atom stereocenters. The van der Waals surface area contributed by atoms with Crippen molar-refractivity contribution < 1.29 is 9.90 Å². The summed E-state index contributed by atoms with van der Waals surface area (Å²) in [6.07, 6.45) is 8.04. The Hall–Kier alpha value is -2.23. The van der Waals surface area contributed by atoms with Crippen LogP contribution in [0.5, 0.6) is 0 Å². The van der Waals surface area contributed by atoms with Crippen molar-refractivity contribution in [2.45, 2.75) is 31.6 Å². The highest BCUT2D eigenvalue weighted by Crippen LogP contribution is 2.34. The minimum Gasteiger partial charge on any atom is -0.476 e. The minimum absolute atomic E-state index is 0.0256. The van der Waals surface area contributed by atoms with Crippen LogP contribution in [-0.4, -0.2) is 21.0 Å². The maximum absolute atomic E-state index is 10.9. The molecule has 20 heavy (non-hydrogen) atoms. The van der Waals surface area contributed by atoms with Gasteiger partial charge in [-0.25, -0.2) is 9.78 Å². The number of carboxylic acid groups (broad SMARTS) is 1. The Morgan fingerprint density at radius 3 is 2.45 bits per heavy atom. The van der Waals surface area contributed by atoms with Gasteiger partial charge in [-0.15, -0.1) is 0 Å². The van der Waals surface area contributed by atoms with Crippen molar-refractivity contribution >= 4 is 5.97 Å². The third-order valence-corrected chi connectivity index (χ3v) is 3.89. The van der Waals surface area contributed by atoms with Crippen LogP contribution in [0.4, 0.5) is 0 Å². The van der Waals surface area contributed by atoms with E-state index < -0.39 is 5.97 Å². The van der Waals surface area contributed by atoms with E-state index in [4.69, 9.17) is 5.11 Å². The SMILES string of the molecule is O=C(O)c1cncc(-c2ccc(C3CCCC3)cc2)n1. The molecule has 1 aromatic heterocycles. The van der Waals surface area contributed by atoms with Crippen molar-refractivity contribution in [3.8, 4) is 11.3 Å². The maximum atomic E-state index is 10.9. The fraction of sp³-hybridized carbons (Fsp3) is 0.312. The zero-order chi connectivity index (χ0) is 13.9. The normalized spacial score (nSPS) is 15.4. The highest BCUT2D eigenvalue weighted by atomic mass is 16.4. The summed E-state index contributed by atoms with van der Waals surface area (Å²) in [5.41, 5.74) is 2.85. The molecule has 0 radical (unpaired) electrons. The topological polar surface area (TPSA) is 63.1 Å². The van der Waals surface area contributed by atoms with Gasteiger partial charge in [-0.1, -0.05) is 37.1 Å². The van der Waals surface area contributed by atoms with Crippen LogP contribution in [0.3, 0.4) is 0 Å². The molecular formula is C16H16N2O2. The lowest BCUT2D eigenvalue weighted by Gasteiger charge is -2.10. The summed E-state index contributed by atoms with van der Waals surface area (Å²) < 4.78 is 0. The summed E-state index contributed by atoms with van der Waals surface area (Å²) in [7, 11) is 0. The van der Waals surface area contributed by atoms with Crippen LogP contribution in [0.2, 0.25) is 0 Å². The van der Waals surface area contributed by atoms with E-state index in [1.807, 2.05) is 12.1 Å². The van der Waals surface area contributed by atoms with Crippen molar-refractivity contribution in [1.82, 2.24) is 9.97 Å². The highest BCUT2D eigenvalue weighted by molar-refractivity contribution is 5.85. The largest absolute Gasteiger partial charge is 0.476 e. The van der Waals surface area contributed by atoms with E-state index in [-0.39, 0.29) is 5.69 Å². The van der Waals surface area contributed by atoms with E-state index in [1.165, 1.54) is 37.4 Å². The number of carboxylic acids is 1. The van der Waals surface area contributed by atoms with Crippen LogP contribution >= 0.6 is 0 Å². The Morgan fingerprint density at radius 2 is 1.80 bits per heavy atom. The molecule has 1 aliphatic carbocycles. The van der Waals surface area contributed by atoms with Crippen LogP contribution in [-0.2, 0) is 0 Å². The van der Waals surface area contributed by atoms with E-state index in [9.17, 15) is 4.79 Å². The van der Waals surface area contributed by atoms with Crippen LogP contribution in [0, 0.1) is 0 Å². The first-order valence-electron chi connectivity index (χ1n) is 6.90. The molecule has 0 aliphatic heterocycles. The molecule has 0 saturated heterocycles. The van der Waals surface area contributed by atoms with Crippen LogP contribution in [0.25, 0.3) is 11.3 Å². The molecule has 1 aliphatic rings. The van der Waals surface area contributed by atoms with E-state index in [1.54, 1.807) is 6.20 Å². The standard InChI is InChI=1S/C16H16N2O2/c19-16(20)15-10-17-9-14(18-15)13-7-5-12(6-8-13)11-3-1-2-4-11/h5-11H,1-4H2,(H,19,20). The lowest BCUT2D eigenvalue weighted by molar-refractivity contribution is 0.0690. The Kier molecular flexibility index (Phi) is 3.46. The van der Waals surface area contributed by atoms with Crippen molar-refractivity contribution in [2.24, 2.45) is 0 Å². The number of benzene rings is 1. The average molecular weight is 268 g/mol. The van der Waals surface area contributed by atoms with Gasteiger partial charge in [-0.05, 0) is 24.3 Å². The second-order valence-corrected chi connectivity index (χ2v) is 5.20. The first-order valence-corrected chi connectivity index (χ1v) is 6.90. The highest BCUT2D eigenvalue weighted by Gasteiger charge is 2.17. The lowest BCUT2D eigenvalue weighted by Crippen LogP contribution is -2.02. The van der Waals surface area contributed by atoms with Gasteiger partial charge < -0.3 is 5.11 Å². The molecule has 1 aromatic carbocycles. The van der Waals surface area contributed by atoms with E-state index in [0.29, 0.717) is 11.6 Å². The van der Waals surface area contributed by atoms with Gasteiger partial charge in [0.05, 0.1) is 18.1 Å². The Morgan fingerprint density at radius 1 is 1.10 bits per heavy atom. The summed E-state index contributed by atoms with van der Waals surface area (Å²) in [5, 5.41) is 8.94. The van der Waals surface area contributed by atoms with Crippen molar-refractivity contribution in [1.29, 1.82) is 0 Å². The predicted molar refractivity (Wildman–Crippen MR) is 75.6 cm³/mol. The van der Waals surface area contributed by atoms with Crippen molar-refractivity contribution in [3.63, 3.8) is 0 Å². The van der Waals surface area contributed by atoms with Gasteiger partial charge in [0.2, 0.25) is 0 Å². The molecule has 0 unspecified atom stereocenters. The van der Waals surface area contributed by atoms with Gasteiger partial charge in [0.1, 0.15) is 0 Å². The molecule has 1 saturated carbocycles. The summed E-state index contributed by atoms with van der Waals surface area (Å²) in [4.78, 5) is 19.0. The minimum atomic E-state index is -1.05. The third-order valence-electron chi connectivity index (χ3n) is 3.89. The second kappa shape index (κ2) is 5.41. The van der Waals surface area contributed by atoms with E-state index in [0.717, 1.165) is 5.56 Å². The molecule has 0 spiro atoms. The molecule has 102 valence electrons. The molecule has 1 N–H and O–H groups in total. The zero-order valence-electron chi connectivity index (χ0n) is 11.1. The summed E-state index contributed by atoms with van der Waals surface area (Å²) in [5.74, 6) is -0.373. The fourth-order valence-electron chi connectivity index (χ4n) is 2.79. The van der Waals surface area contributed by atoms with Gasteiger partial charge in [-0.3, -0.25) is 4.98 Å². The van der Waals surface area contributed by atoms with Gasteiger partial charge in [-0.2, -0.15) is 0 Å². The van der Waals surface area contributed by atoms with E-state index in [2.05, 4.69) is 22.1 Å². The Balaban J connectivity index is 1.87. The summed E-state index contributed by atoms with van der Waals surface area (Å²) >= 11 is 0. The molecular weight excluding hydrogens is 252 g/mol. The zero-order valence-corrected chi connectivity index (χ0v) is 11.1. The average Bonchev–Trinajstić information content (AvgIpc) is 3.02. The molecule has 0 bridgehead atoms. The quantitative estimate of drug-likeness (QED) is 0.925. The maximum Gasteiger partial charge on any atom is 0.356 e. The number of aromatic carboxylic acids is 1. The van der Waals surface area contributed by atoms with Gasteiger partial charge >= 0.3 is 5.97 Å². The first-order chi connectivity index (χ1) is 9.74. The number of hydrogen-bond donors (Lipinski definition) is 1. The summed E-state index contributed by atoms with van der Waals surface area (Å²) in [6.45, 7) is 0. The first kappa shape index (κ1) is 12.8. The smallest absolute Gasteiger partial charge is 0.356 e. The molecule has 1 heterocycles. The van der Waals surface area contributed by atoms with Gasteiger partial charge in [0.25, 0.3) is 0 Å². The van der Waals surface area contributed by atoms with Gasteiger partial charge in [0, 0.05) is 5.56 Å². The number of hydrogen-bond acceptors (Lipinski definition) is 3. The van der Waals surface area contributed by atoms with Gasteiger partial charge in [0.15, 0.2) is 5.69 Å². The second-order valence-electron chi connectivity index (χ2n) is 5.20. The third kappa shape index (κ3) is 2.54. The van der Waals surface area contributed by atoms with Crippen LogP contribution < -0.4 is 0 Å². The molecule has 4 heteroatoms. The van der Waals surface area contributed by atoms with Crippen LogP contribution in [0.1, 0.15) is 47.7 Å². The Bertz CT molecular complexity index is 617. The van der Waals surface area contributed by atoms with Crippen molar-refractivity contribution in [2.75, 3.05) is 0 Å². The lowest BCUT2D eigenvalue weighted by atomic mass is 9.96. The number of aromatic nitrogens is 2. The van der Waals surface area contributed by atoms with Crippen LogP contribution in [0.15, 0.2) is 36.7 Å². The summed E-state index contributed by atoms with van der Waals surface area (Å²) in [6, 6.07) is 8.26. The van der Waals surface area contributed by atoms with Crippen molar-refractivity contribution in [3.05, 3.63) is 47.9 Å². The fourth-order valence-corrected chi connectivity index (χ4v) is 2.79. The Labute approximate surface area is 117 Å². The predicted octanol–water partition coefficient (Wildman–Crippen LogP) is 3.50. The number of rotatable bonds is 3. The number of carbonyl (C=O) groups is 1. The molecule has 4 nitrogen and oxygen atoms in total.